The molecule has 1 amide bonds. The molecule has 2 aromatic heterocycles. The van der Waals surface area contributed by atoms with E-state index in [0.717, 1.165) is 5.69 Å². The first-order valence-electron chi connectivity index (χ1n) is 7.37. The van der Waals surface area contributed by atoms with Gasteiger partial charge in [0.25, 0.3) is 5.91 Å². The van der Waals surface area contributed by atoms with Crippen LogP contribution in [0.2, 0.25) is 0 Å². The number of hydrogen-bond donors (Lipinski definition) is 1. The Labute approximate surface area is 141 Å². The van der Waals surface area contributed by atoms with E-state index in [9.17, 15) is 22.8 Å². The van der Waals surface area contributed by atoms with Crippen LogP contribution in [0.5, 0.6) is 0 Å². The van der Waals surface area contributed by atoms with Gasteiger partial charge in [0, 0.05) is 11.4 Å². The van der Waals surface area contributed by atoms with Crippen molar-refractivity contribution in [2.45, 2.75) is 26.6 Å². The van der Waals surface area contributed by atoms with Gasteiger partial charge in [-0.05, 0) is 32.0 Å². The smallest absolute Gasteiger partial charge is 0.405 e. The van der Waals surface area contributed by atoms with E-state index in [4.69, 9.17) is 9.15 Å². The maximum absolute atomic E-state index is 12.1. The van der Waals surface area contributed by atoms with Crippen LogP contribution in [0.15, 0.2) is 28.9 Å². The number of halogens is 3. The van der Waals surface area contributed by atoms with Crippen molar-refractivity contribution in [2.24, 2.45) is 0 Å². The summed E-state index contributed by atoms with van der Waals surface area (Å²) < 4.78 is 47.9. The van der Waals surface area contributed by atoms with Crippen molar-refractivity contribution < 1.29 is 31.9 Å². The van der Waals surface area contributed by atoms with Crippen LogP contribution in [0.3, 0.4) is 0 Å². The van der Waals surface area contributed by atoms with Gasteiger partial charge in [-0.1, -0.05) is 0 Å². The first-order chi connectivity index (χ1) is 11.7. The number of furan rings is 1. The van der Waals surface area contributed by atoms with E-state index in [0.29, 0.717) is 18.0 Å². The molecule has 0 spiro atoms. The third-order valence-corrected chi connectivity index (χ3v) is 3.51. The number of ether oxygens (including phenoxy) is 1. The van der Waals surface area contributed by atoms with E-state index >= 15 is 0 Å². The number of amides is 1. The van der Waals surface area contributed by atoms with E-state index in [-0.39, 0.29) is 5.56 Å². The Balaban J connectivity index is 1.97. The summed E-state index contributed by atoms with van der Waals surface area (Å²) in [5, 5.41) is 1.63. The summed E-state index contributed by atoms with van der Waals surface area (Å²) >= 11 is 0. The Hall–Kier alpha value is -2.71. The zero-order chi connectivity index (χ0) is 18.6. The fourth-order valence-corrected chi connectivity index (χ4v) is 2.27. The predicted octanol–water partition coefficient (Wildman–Crippen LogP) is 2.58. The lowest BCUT2D eigenvalue weighted by atomic mass is 10.2. The molecule has 0 radical (unpaired) electrons. The molecule has 0 aliphatic rings. The summed E-state index contributed by atoms with van der Waals surface area (Å²) in [5.74, 6) is -1.09. The molecule has 1 N–H and O–H groups in total. The minimum atomic E-state index is -4.52. The van der Waals surface area contributed by atoms with Crippen LogP contribution in [-0.2, 0) is 16.1 Å². The van der Waals surface area contributed by atoms with Gasteiger partial charge in [-0.25, -0.2) is 4.79 Å². The third-order valence-electron chi connectivity index (χ3n) is 3.51. The van der Waals surface area contributed by atoms with Gasteiger partial charge in [0.1, 0.15) is 12.3 Å². The van der Waals surface area contributed by atoms with Crippen molar-refractivity contribution in [3.63, 3.8) is 0 Å². The highest BCUT2D eigenvalue weighted by atomic mass is 19.4. The van der Waals surface area contributed by atoms with Crippen LogP contribution in [-0.4, -0.2) is 35.8 Å². The number of rotatable bonds is 6. The van der Waals surface area contributed by atoms with E-state index in [1.165, 1.54) is 6.26 Å². The van der Waals surface area contributed by atoms with Crippen molar-refractivity contribution in [3.8, 4) is 0 Å². The molecule has 0 atom stereocenters. The van der Waals surface area contributed by atoms with Crippen LogP contribution in [0.4, 0.5) is 13.2 Å². The Kier molecular flexibility index (Phi) is 5.55. The van der Waals surface area contributed by atoms with Gasteiger partial charge in [0.2, 0.25) is 0 Å². The zero-order valence-corrected chi connectivity index (χ0v) is 13.6. The molecule has 0 saturated heterocycles. The van der Waals surface area contributed by atoms with Gasteiger partial charge in [-0.2, -0.15) is 13.2 Å². The average Bonchev–Trinajstić information content (AvgIpc) is 3.13. The fourth-order valence-electron chi connectivity index (χ4n) is 2.27. The Bertz CT molecular complexity index is 748. The lowest BCUT2D eigenvalue weighted by Gasteiger charge is -2.09. The molecule has 0 aliphatic heterocycles. The molecule has 25 heavy (non-hydrogen) atoms. The molecule has 0 unspecified atom stereocenters. The lowest BCUT2D eigenvalue weighted by Crippen LogP contribution is -2.36. The number of aromatic nitrogens is 1. The number of hydrogen-bond acceptors (Lipinski definition) is 4. The third kappa shape index (κ3) is 5.13. The Morgan fingerprint density at radius 1 is 1.32 bits per heavy atom. The summed E-state index contributed by atoms with van der Waals surface area (Å²) in [7, 11) is 0. The molecular formula is C16H17F3N2O4. The van der Waals surface area contributed by atoms with E-state index in [1.54, 1.807) is 37.4 Å². The second-order valence-electron chi connectivity index (χ2n) is 5.42. The maximum Gasteiger partial charge on any atom is 0.405 e. The summed E-state index contributed by atoms with van der Waals surface area (Å²) in [6.45, 7) is 1.67. The molecule has 2 aromatic rings. The molecule has 0 aliphatic carbocycles. The van der Waals surface area contributed by atoms with Crippen LogP contribution < -0.4 is 5.32 Å². The van der Waals surface area contributed by atoms with E-state index in [1.807, 2.05) is 4.57 Å². The van der Waals surface area contributed by atoms with Crippen molar-refractivity contribution in [1.29, 1.82) is 0 Å². The minimum Gasteiger partial charge on any atom is -0.467 e. The van der Waals surface area contributed by atoms with Gasteiger partial charge in [-0.15, -0.1) is 0 Å². The molecule has 9 heteroatoms. The Morgan fingerprint density at radius 2 is 2.04 bits per heavy atom. The summed E-state index contributed by atoms with van der Waals surface area (Å²) in [6.07, 6.45) is -2.98. The maximum atomic E-state index is 12.1. The van der Waals surface area contributed by atoms with Crippen molar-refractivity contribution >= 4 is 11.9 Å². The quantitative estimate of drug-likeness (QED) is 0.806. The lowest BCUT2D eigenvalue weighted by molar-refractivity contribution is -0.140. The number of alkyl halides is 3. The molecule has 136 valence electrons. The van der Waals surface area contributed by atoms with Crippen molar-refractivity contribution in [3.05, 3.63) is 47.2 Å². The van der Waals surface area contributed by atoms with Crippen molar-refractivity contribution in [1.82, 2.24) is 9.88 Å². The molecule has 2 heterocycles. The number of nitrogens with zero attached hydrogens (tertiary/aromatic N) is 1. The number of nitrogens with one attached hydrogen (secondary N) is 1. The summed E-state index contributed by atoms with van der Waals surface area (Å²) in [4.78, 5) is 23.4. The van der Waals surface area contributed by atoms with E-state index in [2.05, 4.69) is 0 Å². The number of carbonyl (C=O) groups is 2. The normalized spacial score (nSPS) is 11.4. The summed E-state index contributed by atoms with van der Waals surface area (Å²) in [5.41, 5.74) is 1.63. The molecule has 0 saturated carbocycles. The predicted molar refractivity (Wildman–Crippen MR) is 81.1 cm³/mol. The average molecular weight is 358 g/mol. The fraction of sp³-hybridized carbons (Fsp3) is 0.375. The first kappa shape index (κ1) is 18.6. The highest BCUT2D eigenvalue weighted by Crippen LogP contribution is 2.18. The number of esters is 1. The monoisotopic (exact) mass is 358 g/mol. The minimum absolute atomic E-state index is 0.243. The van der Waals surface area contributed by atoms with Crippen LogP contribution in [0, 0.1) is 13.8 Å². The molecular weight excluding hydrogens is 341 g/mol. The van der Waals surface area contributed by atoms with Gasteiger partial charge in [-0.3, -0.25) is 4.79 Å². The first-order valence-corrected chi connectivity index (χ1v) is 7.37. The molecule has 0 bridgehead atoms. The summed E-state index contributed by atoms with van der Waals surface area (Å²) in [6, 6.07) is 5.13. The van der Waals surface area contributed by atoms with Crippen LogP contribution in [0.25, 0.3) is 0 Å². The molecule has 6 nitrogen and oxygen atoms in total. The van der Waals surface area contributed by atoms with Crippen LogP contribution in [0.1, 0.15) is 27.5 Å². The molecule has 0 aromatic carbocycles. The number of carbonyl (C=O) groups excluding carboxylic acids is 2. The standard InChI is InChI=1S/C16H17F3N2O4/c1-10-6-13(11(2)21(10)7-12-4-3-5-24-12)15(23)25-8-14(22)20-9-16(17,18)19/h3-6H,7-9H2,1-2H3,(H,20,22). The Morgan fingerprint density at radius 3 is 2.64 bits per heavy atom. The highest BCUT2D eigenvalue weighted by Gasteiger charge is 2.28. The SMILES string of the molecule is Cc1cc(C(=O)OCC(=O)NCC(F)(F)F)c(C)n1Cc1ccco1. The van der Waals surface area contributed by atoms with Gasteiger partial charge in [0.15, 0.2) is 6.61 Å². The molecule has 2 rings (SSSR count). The van der Waals surface area contributed by atoms with Crippen molar-refractivity contribution in [2.75, 3.05) is 13.2 Å². The van der Waals surface area contributed by atoms with Crippen LogP contribution >= 0.6 is 0 Å². The van der Waals surface area contributed by atoms with Gasteiger partial charge in [0.05, 0.1) is 18.4 Å². The second kappa shape index (κ2) is 7.45. The topological polar surface area (TPSA) is 73.5 Å². The second-order valence-corrected chi connectivity index (χ2v) is 5.42. The van der Waals surface area contributed by atoms with E-state index < -0.39 is 31.2 Å². The largest absolute Gasteiger partial charge is 0.467 e. The molecule has 0 fully saturated rings. The van der Waals surface area contributed by atoms with Gasteiger partial charge >= 0.3 is 12.1 Å². The zero-order valence-electron chi connectivity index (χ0n) is 13.6. The highest BCUT2D eigenvalue weighted by molar-refractivity contribution is 5.92. The van der Waals surface area contributed by atoms with Gasteiger partial charge < -0.3 is 19.0 Å². The number of aryl methyl sites for hydroxylation is 1.